The fraction of sp³-hybridized carbons (Fsp3) is 0.0588. The molecule has 2 heteroatoms. The number of para-hydroxylation sites is 1. The van der Waals surface area contributed by atoms with E-state index < -0.39 is 0 Å². The second kappa shape index (κ2) is 11.2. The molecule has 0 saturated carbocycles. The van der Waals surface area contributed by atoms with Gasteiger partial charge in [-0.2, -0.15) is 0 Å². The highest BCUT2D eigenvalue weighted by molar-refractivity contribution is 6.32. The highest BCUT2D eigenvalue weighted by Crippen LogP contribution is 2.52. The first-order valence-corrected chi connectivity index (χ1v) is 18.5. The summed E-state index contributed by atoms with van der Waals surface area (Å²) in [7, 11) is 0. The van der Waals surface area contributed by atoms with Crippen LogP contribution >= 0.6 is 0 Å². The first-order valence-electron chi connectivity index (χ1n) is 18.5. The second-order valence-electron chi connectivity index (χ2n) is 14.9. The highest BCUT2D eigenvalue weighted by atomic mass is 15.1. The van der Waals surface area contributed by atoms with Crippen LogP contribution in [-0.4, -0.2) is 4.57 Å². The minimum atomic E-state index is -0.112. The summed E-state index contributed by atoms with van der Waals surface area (Å²) < 4.78 is 2.47. The quantitative estimate of drug-likeness (QED) is 0.168. The molecule has 0 amide bonds. The molecule has 9 aromatic carbocycles. The van der Waals surface area contributed by atoms with Crippen LogP contribution < -0.4 is 4.90 Å². The minimum absolute atomic E-state index is 0.112. The molecule has 0 unspecified atom stereocenters. The van der Waals surface area contributed by atoms with Gasteiger partial charge < -0.3 is 9.47 Å². The topological polar surface area (TPSA) is 8.17 Å². The van der Waals surface area contributed by atoms with Gasteiger partial charge in [-0.05, 0) is 92.3 Å². The third-order valence-electron chi connectivity index (χ3n) is 11.7. The summed E-state index contributed by atoms with van der Waals surface area (Å²) in [5, 5.41) is 10.0. The lowest BCUT2D eigenvalue weighted by Gasteiger charge is -2.29. The summed E-state index contributed by atoms with van der Waals surface area (Å²) in [4.78, 5) is 2.48. The van der Waals surface area contributed by atoms with Gasteiger partial charge in [-0.1, -0.05) is 147 Å². The number of benzene rings is 9. The summed E-state index contributed by atoms with van der Waals surface area (Å²) in [5.41, 5.74) is 12.3. The third-order valence-corrected chi connectivity index (χ3v) is 11.7. The summed E-state index contributed by atoms with van der Waals surface area (Å²) >= 11 is 0. The van der Waals surface area contributed by atoms with E-state index in [1.807, 2.05) is 0 Å². The number of anilines is 3. The molecule has 0 atom stereocenters. The number of rotatable bonds is 4. The lowest BCUT2D eigenvalue weighted by Crippen LogP contribution is -2.16. The molecule has 0 saturated heterocycles. The predicted molar refractivity (Wildman–Crippen MR) is 226 cm³/mol. The monoisotopic (exact) mass is 676 g/mol. The molecule has 250 valence electrons. The maximum atomic E-state index is 2.48. The fourth-order valence-electron chi connectivity index (χ4n) is 9.31. The largest absolute Gasteiger partial charge is 0.310 e. The van der Waals surface area contributed by atoms with Crippen LogP contribution in [0.1, 0.15) is 25.0 Å². The van der Waals surface area contributed by atoms with Gasteiger partial charge >= 0.3 is 0 Å². The first-order chi connectivity index (χ1) is 26.1. The second-order valence-corrected chi connectivity index (χ2v) is 14.9. The van der Waals surface area contributed by atoms with Crippen molar-refractivity contribution in [3.05, 3.63) is 193 Å². The summed E-state index contributed by atoms with van der Waals surface area (Å²) in [6.07, 6.45) is 0. The smallest absolute Gasteiger partial charge is 0.0625 e. The SMILES string of the molecule is CC1(C)c2ccccc2-c2ccc(N(c3ccc4c(c3)c3c5ccccc5c5ccccc5c3n4-c3ccccc3)c3cccc4ccccc34)cc21. The normalized spacial score (nSPS) is 13.2. The van der Waals surface area contributed by atoms with Crippen molar-refractivity contribution in [2.24, 2.45) is 0 Å². The van der Waals surface area contributed by atoms with Gasteiger partial charge in [-0.25, -0.2) is 0 Å². The molecule has 0 spiro atoms. The molecule has 1 aromatic heterocycles. The van der Waals surface area contributed by atoms with Crippen LogP contribution in [0.15, 0.2) is 182 Å². The molecule has 0 aliphatic heterocycles. The molecular weight excluding hydrogens is 641 g/mol. The highest BCUT2D eigenvalue weighted by Gasteiger charge is 2.36. The molecule has 2 nitrogen and oxygen atoms in total. The van der Waals surface area contributed by atoms with E-state index in [-0.39, 0.29) is 5.41 Å². The molecule has 53 heavy (non-hydrogen) atoms. The molecule has 1 heterocycles. The van der Waals surface area contributed by atoms with E-state index in [1.165, 1.54) is 76.4 Å². The van der Waals surface area contributed by atoms with Crippen molar-refractivity contribution < 1.29 is 0 Å². The number of fused-ring (bicyclic) bond motifs is 12. The summed E-state index contributed by atoms with van der Waals surface area (Å²) in [5.74, 6) is 0. The molecular formula is C51H36N2. The van der Waals surface area contributed by atoms with Crippen molar-refractivity contribution in [3.63, 3.8) is 0 Å². The summed E-state index contributed by atoms with van der Waals surface area (Å²) in [6, 6.07) is 67.2. The van der Waals surface area contributed by atoms with Gasteiger partial charge in [-0.15, -0.1) is 0 Å². The van der Waals surface area contributed by atoms with Crippen molar-refractivity contribution in [1.82, 2.24) is 4.57 Å². The number of hydrogen-bond acceptors (Lipinski definition) is 1. The third kappa shape index (κ3) is 4.27. The zero-order chi connectivity index (χ0) is 35.3. The van der Waals surface area contributed by atoms with Crippen molar-refractivity contribution in [2.45, 2.75) is 19.3 Å². The van der Waals surface area contributed by atoms with E-state index in [0.29, 0.717) is 0 Å². The van der Waals surface area contributed by atoms with Gasteiger partial charge in [0.2, 0.25) is 0 Å². The Balaban J connectivity index is 1.25. The van der Waals surface area contributed by atoms with Crippen LogP contribution in [0.4, 0.5) is 17.1 Å². The van der Waals surface area contributed by atoms with Gasteiger partial charge in [0.05, 0.1) is 16.7 Å². The molecule has 0 radical (unpaired) electrons. The van der Waals surface area contributed by atoms with Crippen molar-refractivity contribution in [3.8, 4) is 16.8 Å². The molecule has 1 aliphatic rings. The molecule has 11 rings (SSSR count). The molecule has 0 fully saturated rings. The van der Waals surface area contributed by atoms with Gasteiger partial charge in [0.25, 0.3) is 0 Å². The lowest BCUT2D eigenvalue weighted by molar-refractivity contribution is 0.660. The van der Waals surface area contributed by atoms with Crippen LogP contribution in [0.3, 0.4) is 0 Å². The first kappa shape index (κ1) is 30.0. The Hall–Kier alpha value is -6.64. The average Bonchev–Trinajstić information content (AvgIpc) is 3.67. The number of nitrogens with zero attached hydrogens (tertiary/aromatic N) is 2. The van der Waals surface area contributed by atoms with Crippen LogP contribution in [0.5, 0.6) is 0 Å². The van der Waals surface area contributed by atoms with E-state index in [2.05, 4.69) is 205 Å². The Bertz CT molecular complexity index is 3090. The van der Waals surface area contributed by atoms with Crippen LogP contribution in [0, 0.1) is 0 Å². The molecule has 1 aliphatic carbocycles. The standard InChI is InChI=1S/C51H36N2/c1-51(2)45-25-13-12-22-40(45)41-29-27-36(32-46(41)51)52(47-26-14-16-33-15-6-7-19-37(33)47)35-28-30-48-44(31-35)49-42-23-10-8-20-38(42)39-21-9-11-24-43(39)50(49)53(48)34-17-4-3-5-18-34/h3-32H,1-2H3. The van der Waals surface area contributed by atoms with E-state index in [4.69, 9.17) is 0 Å². The maximum absolute atomic E-state index is 2.48. The van der Waals surface area contributed by atoms with Crippen molar-refractivity contribution in [1.29, 1.82) is 0 Å². The lowest BCUT2D eigenvalue weighted by atomic mass is 9.82. The minimum Gasteiger partial charge on any atom is -0.310 e. The molecule has 0 bridgehead atoms. The number of aromatic nitrogens is 1. The van der Waals surface area contributed by atoms with Crippen molar-refractivity contribution in [2.75, 3.05) is 4.90 Å². The summed E-state index contributed by atoms with van der Waals surface area (Å²) in [6.45, 7) is 4.73. The van der Waals surface area contributed by atoms with E-state index in [0.717, 1.165) is 22.7 Å². The van der Waals surface area contributed by atoms with Crippen LogP contribution in [0.25, 0.3) is 70.9 Å². The van der Waals surface area contributed by atoms with E-state index in [9.17, 15) is 0 Å². The fourth-order valence-corrected chi connectivity index (χ4v) is 9.31. The Morgan fingerprint density at radius 1 is 0.434 bits per heavy atom. The van der Waals surface area contributed by atoms with Gasteiger partial charge in [0, 0.05) is 44.0 Å². The van der Waals surface area contributed by atoms with Gasteiger partial charge in [0.15, 0.2) is 0 Å². The predicted octanol–water partition coefficient (Wildman–Crippen LogP) is 14.0. The Kier molecular flexibility index (Phi) is 6.33. The zero-order valence-electron chi connectivity index (χ0n) is 29.7. The van der Waals surface area contributed by atoms with Gasteiger partial charge in [-0.3, -0.25) is 0 Å². The van der Waals surface area contributed by atoms with Crippen LogP contribution in [0.2, 0.25) is 0 Å². The Morgan fingerprint density at radius 2 is 1.04 bits per heavy atom. The van der Waals surface area contributed by atoms with E-state index >= 15 is 0 Å². The number of hydrogen-bond donors (Lipinski definition) is 0. The van der Waals surface area contributed by atoms with E-state index in [1.54, 1.807) is 0 Å². The van der Waals surface area contributed by atoms with Crippen molar-refractivity contribution >= 4 is 71.2 Å². The molecule has 0 N–H and O–H groups in total. The maximum Gasteiger partial charge on any atom is 0.0625 e. The Morgan fingerprint density at radius 3 is 1.87 bits per heavy atom. The Labute approximate surface area is 308 Å². The zero-order valence-corrected chi connectivity index (χ0v) is 29.7. The van der Waals surface area contributed by atoms with Crippen LogP contribution in [-0.2, 0) is 5.41 Å². The van der Waals surface area contributed by atoms with Gasteiger partial charge in [0.1, 0.15) is 0 Å². The molecule has 10 aromatic rings. The average molecular weight is 677 g/mol.